The van der Waals surface area contributed by atoms with E-state index >= 15 is 0 Å². The van der Waals surface area contributed by atoms with Crippen LogP contribution in [0.4, 0.5) is 0 Å². The summed E-state index contributed by atoms with van der Waals surface area (Å²) in [6.45, 7) is 7.49. The number of nitrogens with zero attached hydrogens (tertiary/aromatic N) is 5. The average Bonchev–Trinajstić information content (AvgIpc) is 3.48. The van der Waals surface area contributed by atoms with Gasteiger partial charge in [-0.25, -0.2) is 4.98 Å². The van der Waals surface area contributed by atoms with Gasteiger partial charge in [-0.05, 0) is 55.3 Å². The Morgan fingerprint density at radius 3 is 2.24 bits per heavy atom. The Kier molecular flexibility index (Phi) is 7.99. The second-order valence-electron chi connectivity index (χ2n) is 11.5. The predicted octanol–water partition coefficient (Wildman–Crippen LogP) is 3.89. The fourth-order valence-corrected chi connectivity index (χ4v) is 6.81. The SMILES string of the molecule is CC(=O)N1CCC(C(=O)N2CCC(N3CCN(C(=O)c4cc(Cl)nc(-c5ccc6cc[nH]c6c5)c4)CC3)CC2)CC1. The normalized spacial score (nSPS) is 19.6. The minimum absolute atomic E-state index is 0.0209. The van der Waals surface area contributed by atoms with E-state index < -0.39 is 0 Å². The Morgan fingerprint density at radius 2 is 1.54 bits per heavy atom. The van der Waals surface area contributed by atoms with Gasteiger partial charge in [0.2, 0.25) is 11.8 Å². The summed E-state index contributed by atoms with van der Waals surface area (Å²) in [6.07, 6.45) is 5.35. The van der Waals surface area contributed by atoms with Crippen molar-refractivity contribution in [3.63, 3.8) is 0 Å². The van der Waals surface area contributed by atoms with Crippen LogP contribution in [0.3, 0.4) is 0 Å². The molecule has 0 spiro atoms. The number of nitrogens with one attached hydrogen (secondary N) is 1. The number of hydrogen-bond acceptors (Lipinski definition) is 5. The summed E-state index contributed by atoms with van der Waals surface area (Å²) in [4.78, 5) is 54.1. The van der Waals surface area contributed by atoms with Crippen LogP contribution in [0.1, 0.15) is 43.0 Å². The summed E-state index contributed by atoms with van der Waals surface area (Å²) >= 11 is 6.37. The second kappa shape index (κ2) is 11.8. The van der Waals surface area contributed by atoms with Crippen molar-refractivity contribution in [2.75, 3.05) is 52.4 Å². The van der Waals surface area contributed by atoms with Crippen LogP contribution < -0.4 is 0 Å². The number of carbonyl (C=O) groups excluding carboxylic acids is 3. The van der Waals surface area contributed by atoms with Crippen LogP contribution in [-0.2, 0) is 9.59 Å². The van der Waals surface area contributed by atoms with Crippen LogP contribution in [0.25, 0.3) is 22.2 Å². The summed E-state index contributed by atoms with van der Waals surface area (Å²) in [5.74, 6) is 0.367. The summed E-state index contributed by atoms with van der Waals surface area (Å²) in [5, 5.41) is 1.43. The zero-order valence-electron chi connectivity index (χ0n) is 23.5. The summed E-state index contributed by atoms with van der Waals surface area (Å²) < 4.78 is 0. The highest BCUT2D eigenvalue weighted by Crippen LogP contribution is 2.27. The monoisotopic (exact) mass is 576 g/mol. The number of piperazine rings is 1. The Balaban J connectivity index is 1.01. The predicted molar refractivity (Wildman–Crippen MR) is 159 cm³/mol. The number of carbonyl (C=O) groups is 3. The first kappa shape index (κ1) is 27.7. The molecule has 0 unspecified atom stereocenters. The number of aromatic amines is 1. The molecule has 6 rings (SSSR count). The van der Waals surface area contributed by atoms with Crippen molar-refractivity contribution in [2.45, 2.75) is 38.6 Å². The van der Waals surface area contributed by atoms with Crippen LogP contribution in [0, 0.1) is 5.92 Å². The Labute approximate surface area is 245 Å². The molecule has 5 heterocycles. The fraction of sp³-hybridized carbons (Fsp3) is 0.484. The third-order valence-corrected chi connectivity index (χ3v) is 9.27. The van der Waals surface area contributed by atoms with E-state index in [4.69, 9.17) is 11.6 Å². The molecule has 3 aromatic rings. The lowest BCUT2D eigenvalue weighted by Gasteiger charge is -2.43. The molecule has 0 bridgehead atoms. The highest BCUT2D eigenvalue weighted by atomic mass is 35.5. The number of pyridine rings is 1. The van der Waals surface area contributed by atoms with Crippen LogP contribution in [0.2, 0.25) is 5.15 Å². The number of halogens is 1. The summed E-state index contributed by atoms with van der Waals surface area (Å²) in [6, 6.07) is 12.0. The molecule has 0 atom stereocenters. The molecule has 3 aliphatic rings. The van der Waals surface area contributed by atoms with Gasteiger partial charge in [0.25, 0.3) is 5.91 Å². The molecular formula is C31H37ClN6O3. The van der Waals surface area contributed by atoms with Gasteiger partial charge in [-0.1, -0.05) is 23.7 Å². The van der Waals surface area contributed by atoms with Gasteiger partial charge in [-0.2, -0.15) is 0 Å². The van der Waals surface area contributed by atoms with Crippen molar-refractivity contribution < 1.29 is 14.4 Å². The average molecular weight is 577 g/mol. The molecule has 10 heteroatoms. The van der Waals surface area contributed by atoms with Crippen molar-refractivity contribution in [1.82, 2.24) is 29.6 Å². The van der Waals surface area contributed by atoms with Gasteiger partial charge < -0.3 is 19.7 Å². The third-order valence-electron chi connectivity index (χ3n) is 9.08. The molecule has 0 aliphatic carbocycles. The van der Waals surface area contributed by atoms with E-state index in [9.17, 15) is 14.4 Å². The van der Waals surface area contributed by atoms with Gasteiger partial charge in [0.05, 0.1) is 5.69 Å². The molecule has 41 heavy (non-hydrogen) atoms. The van der Waals surface area contributed by atoms with E-state index in [0.29, 0.717) is 48.6 Å². The highest BCUT2D eigenvalue weighted by molar-refractivity contribution is 6.30. The van der Waals surface area contributed by atoms with Crippen molar-refractivity contribution in [2.24, 2.45) is 5.92 Å². The number of rotatable bonds is 4. The maximum atomic E-state index is 13.5. The smallest absolute Gasteiger partial charge is 0.254 e. The van der Waals surface area contributed by atoms with Gasteiger partial charge in [0.1, 0.15) is 5.15 Å². The van der Waals surface area contributed by atoms with E-state index in [1.165, 1.54) is 0 Å². The molecule has 0 radical (unpaired) electrons. The van der Waals surface area contributed by atoms with Crippen molar-refractivity contribution >= 4 is 40.2 Å². The number of H-pyrrole nitrogens is 1. The van der Waals surface area contributed by atoms with Crippen LogP contribution >= 0.6 is 11.6 Å². The molecule has 3 aliphatic heterocycles. The highest BCUT2D eigenvalue weighted by Gasteiger charge is 2.34. The number of likely N-dealkylation sites (tertiary alicyclic amines) is 2. The topological polar surface area (TPSA) is 92.9 Å². The zero-order chi connectivity index (χ0) is 28.5. The van der Waals surface area contributed by atoms with Crippen LogP contribution in [-0.4, -0.2) is 106 Å². The van der Waals surface area contributed by atoms with Crippen LogP contribution in [0.5, 0.6) is 0 Å². The number of aromatic nitrogens is 2. The minimum atomic E-state index is -0.0209. The van der Waals surface area contributed by atoms with Gasteiger partial charge >= 0.3 is 0 Å². The van der Waals surface area contributed by atoms with Crippen molar-refractivity contribution in [3.8, 4) is 11.3 Å². The van der Waals surface area contributed by atoms with Gasteiger partial charge in [-0.15, -0.1) is 0 Å². The third kappa shape index (κ3) is 5.97. The largest absolute Gasteiger partial charge is 0.361 e. The molecule has 9 nitrogen and oxygen atoms in total. The van der Waals surface area contributed by atoms with E-state index in [-0.39, 0.29) is 23.6 Å². The maximum Gasteiger partial charge on any atom is 0.254 e. The number of piperidine rings is 2. The van der Waals surface area contributed by atoms with Crippen molar-refractivity contribution in [1.29, 1.82) is 0 Å². The Hall–Kier alpha value is -3.43. The molecule has 3 amide bonds. The number of hydrogen-bond donors (Lipinski definition) is 1. The second-order valence-corrected chi connectivity index (χ2v) is 11.9. The van der Waals surface area contributed by atoms with Gasteiger partial charge in [0, 0.05) is 94.1 Å². The molecular weight excluding hydrogens is 540 g/mol. The van der Waals surface area contributed by atoms with Gasteiger partial charge in [0.15, 0.2) is 0 Å². The molecule has 0 saturated carbocycles. The molecule has 3 fully saturated rings. The lowest BCUT2D eigenvalue weighted by Crippen LogP contribution is -2.55. The first-order chi connectivity index (χ1) is 19.9. The lowest BCUT2D eigenvalue weighted by atomic mass is 9.93. The van der Waals surface area contributed by atoms with Gasteiger partial charge in [-0.3, -0.25) is 19.3 Å². The lowest BCUT2D eigenvalue weighted by molar-refractivity contribution is -0.141. The first-order valence-corrected chi connectivity index (χ1v) is 15.1. The number of benzene rings is 1. The molecule has 1 aromatic carbocycles. The summed E-state index contributed by atoms with van der Waals surface area (Å²) in [5.41, 5.74) is 3.16. The minimum Gasteiger partial charge on any atom is -0.361 e. The Morgan fingerprint density at radius 1 is 0.829 bits per heavy atom. The molecule has 2 aromatic heterocycles. The molecule has 3 saturated heterocycles. The van der Waals surface area contributed by atoms with Crippen molar-refractivity contribution in [3.05, 3.63) is 53.3 Å². The molecule has 216 valence electrons. The van der Waals surface area contributed by atoms with Crippen LogP contribution in [0.15, 0.2) is 42.6 Å². The van der Waals surface area contributed by atoms with E-state index in [0.717, 1.165) is 68.3 Å². The quantitative estimate of drug-likeness (QED) is 0.476. The summed E-state index contributed by atoms with van der Waals surface area (Å²) in [7, 11) is 0. The zero-order valence-corrected chi connectivity index (χ0v) is 24.3. The maximum absolute atomic E-state index is 13.5. The van der Waals surface area contributed by atoms with E-state index in [1.807, 2.05) is 51.2 Å². The molecule has 1 N–H and O–H groups in total. The fourth-order valence-electron chi connectivity index (χ4n) is 6.60. The standard InChI is InChI=1S/C31H37ClN6O3/c1-21(39)35-10-5-23(6-11-35)30(40)37-12-7-26(8-13-37)36-14-16-38(17-15-36)31(41)25-19-28(34-29(32)20-25)24-3-2-22-4-9-33-27(22)18-24/h2-4,9,18-20,23,26,33H,5-8,10-17H2,1H3. The first-order valence-electron chi connectivity index (χ1n) is 14.7. The number of fused-ring (bicyclic) bond motifs is 1. The number of amides is 3. The van der Waals surface area contributed by atoms with E-state index in [1.54, 1.807) is 13.0 Å². The Bertz CT molecular complexity index is 1430. The van der Waals surface area contributed by atoms with E-state index in [2.05, 4.69) is 14.9 Å².